The van der Waals surface area contributed by atoms with E-state index in [0.29, 0.717) is 5.56 Å². The molecule has 0 N–H and O–H groups in total. The van der Waals surface area contributed by atoms with Crippen LogP contribution >= 0.6 is 11.6 Å². The Balaban J connectivity index is 2.36. The molecule has 0 radical (unpaired) electrons. The van der Waals surface area contributed by atoms with Crippen molar-refractivity contribution < 1.29 is 18.7 Å². The smallest absolute Gasteiger partial charge is 0.311 e. The van der Waals surface area contributed by atoms with Crippen LogP contribution in [0.1, 0.15) is 12.0 Å². The normalized spacial score (nSPS) is 18.8. The second kappa shape index (κ2) is 5.17. The first-order chi connectivity index (χ1) is 8.95. The van der Waals surface area contributed by atoms with Gasteiger partial charge in [0.25, 0.3) is 0 Å². The molecule has 1 heterocycles. The number of carbonyl (C=O) groups excluding carboxylic acids is 2. The maximum absolute atomic E-state index is 13.9. The molecular formula is C13H13ClFNO3. The summed E-state index contributed by atoms with van der Waals surface area (Å²) < 4.78 is 18.5. The van der Waals surface area contributed by atoms with Crippen LogP contribution in [0.25, 0.3) is 0 Å². The van der Waals surface area contributed by atoms with Crippen molar-refractivity contribution in [2.75, 3.05) is 18.6 Å². The van der Waals surface area contributed by atoms with Crippen molar-refractivity contribution in [2.24, 2.45) is 5.92 Å². The molecule has 1 aliphatic rings. The molecule has 0 bridgehead atoms. The van der Waals surface area contributed by atoms with Crippen molar-refractivity contribution in [1.29, 1.82) is 0 Å². The second-order valence-electron chi connectivity index (χ2n) is 4.46. The van der Waals surface area contributed by atoms with Gasteiger partial charge in [-0.3, -0.25) is 9.59 Å². The lowest BCUT2D eigenvalue weighted by atomic mass is 10.1. The number of aryl methyl sites for hydroxylation is 1. The van der Waals surface area contributed by atoms with Crippen molar-refractivity contribution in [3.8, 4) is 0 Å². The number of halogens is 2. The fourth-order valence-corrected chi connectivity index (χ4v) is 2.39. The fraction of sp³-hybridized carbons (Fsp3) is 0.385. The highest BCUT2D eigenvalue weighted by atomic mass is 35.5. The maximum atomic E-state index is 13.9. The quantitative estimate of drug-likeness (QED) is 0.784. The van der Waals surface area contributed by atoms with Crippen LogP contribution in [0, 0.1) is 18.7 Å². The Hall–Kier alpha value is -1.62. The Morgan fingerprint density at radius 2 is 2.21 bits per heavy atom. The van der Waals surface area contributed by atoms with E-state index in [1.54, 1.807) is 13.0 Å². The Morgan fingerprint density at radius 3 is 2.84 bits per heavy atom. The van der Waals surface area contributed by atoms with Gasteiger partial charge in [0.1, 0.15) is 5.82 Å². The molecule has 102 valence electrons. The number of ether oxygens (including phenoxy) is 1. The highest BCUT2D eigenvalue weighted by molar-refractivity contribution is 6.34. The minimum Gasteiger partial charge on any atom is -0.469 e. The van der Waals surface area contributed by atoms with Crippen LogP contribution < -0.4 is 4.90 Å². The van der Waals surface area contributed by atoms with Crippen molar-refractivity contribution >= 4 is 29.2 Å². The lowest BCUT2D eigenvalue weighted by molar-refractivity contribution is -0.145. The van der Waals surface area contributed by atoms with Crippen molar-refractivity contribution in [1.82, 2.24) is 0 Å². The number of hydrogen-bond acceptors (Lipinski definition) is 3. The summed E-state index contributed by atoms with van der Waals surface area (Å²) in [6.07, 6.45) is 0.0103. The van der Waals surface area contributed by atoms with Crippen molar-refractivity contribution in [2.45, 2.75) is 13.3 Å². The van der Waals surface area contributed by atoms with E-state index in [0.717, 1.165) is 0 Å². The molecular weight excluding hydrogens is 273 g/mol. The zero-order valence-electron chi connectivity index (χ0n) is 10.6. The van der Waals surface area contributed by atoms with E-state index in [1.807, 2.05) is 0 Å². The van der Waals surface area contributed by atoms with E-state index in [4.69, 9.17) is 11.6 Å². The number of nitrogens with zero attached hydrogens (tertiary/aromatic N) is 1. The van der Waals surface area contributed by atoms with Gasteiger partial charge in [0, 0.05) is 13.0 Å². The molecule has 2 rings (SSSR count). The van der Waals surface area contributed by atoms with E-state index in [1.165, 1.54) is 18.1 Å². The zero-order chi connectivity index (χ0) is 14.2. The molecule has 19 heavy (non-hydrogen) atoms. The molecule has 1 unspecified atom stereocenters. The van der Waals surface area contributed by atoms with Gasteiger partial charge >= 0.3 is 5.97 Å². The van der Waals surface area contributed by atoms with Gasteiger partial charge in [0.2, 0.25) is 5.91 Å². The van der Waals surface area contributed by atoms with Gasteiger partial charge in [0.15, 0.2) is 0 Å². The molecule has 0 aromatic heterocycles. The topological polar surface area (TPSA) is 46.6 Å². The molecule has 1 amide bonds. The first-order valence-corrected chi connectivity index (χ1v) is 6.16. The number of esters is 1. The van der Waals surface area contributed by atoms with E-state index in [2.05, 4.69) is 4.74 Å². The summed E-state index contributed by atoms with van der Waals surface area (Å²) in [6, 6.07) is 2.80. The largest absolute Gasteiger partial charge is 0.469 e. The number of hydrogen-bond donors (Lipinski definition) is 0. The van der Waals surface area contributed by atoms with Gasteiger partial charge in [-0.25, -0.2) is 4.39 Å². The molecule has 0 spiro atoms. The summed E-state index contributed by atoms with van der Waals surface area (Å²) in [4.78, 5) is 24.6. The average molecular weight is 286 g/mol. The molecule has 1 atom stereocenters. The van der Waals surface area contributed by atoms with Gasteiger partial charge in [-0.2, -0.15) is 0 Å². The summed E-state index contributed by atoms with van der Waals surface area (Å²) in [5.74, 6) is -1.95. The van der Waals surface area contributed by atoms with Gasteiger partial charge in [0.05, 0.1) is 23.7 Å². The number of benzene rings is 1. The lowest BCUT2D eigenvalue weighted by Crippen LogP contribution is -2.27. The molecule has 1 aromatic carbocycles. The minimum absolute atomic E-state index is 0.0103. The molecule has 0 aliphatic carbocycles. The average Bonchev–Trinajstić information content (AvgIpc) is 2.76. The van der Waals surface area contributed by atoms with Crippen LogP contribution in [-0.2, 0) is 14.3 Å². The molecule has 0 saturated carbocycles. The van der Waals surface area contributed by atoms with Crippen LogP contribution in [0.5, 0.6) is 0 Å². The molecule has 1 saturated heterocycles. The zero-order valence-corrected chi connectivity index (χ0v) is 11.3. The monoisotopic (exact) mass is 285 g/mol. The second-order valence-corrected chi connectivity index (χ2v) is 4.83. The number of methoxy groups -OCH3 is 1. The van der Waals surface area contributed by atoms with Crippen LogP contribution in [0.4, 0.5) is 10.1 Å². The van der Waals surface area contributed by atoms with Crippen LogP contribution in [0.2, 0.25) is 5.02 Å². The third kappa shape index (κ3) is 2.42. The maximum Gasteiger partial charge on any atom is 0.311 e. The summed E-state index contributed by atoms with van der Waals surface area (Å²) in [6.45, 7) is 1.81. The Bertz CT molecular complexity index is 547. The van der Waals surface area contributed by atoms with Crippen molar-refractivity contribution in [3.05, 3.63) is 28.5 Å². The summed E-state index contributed by atoms with van der Waals surface area (Å²) in [7, 11) is 1.26. The Morgan fingerprint density at radius 1 is 1.53 bits per heavy atom. The third-order valence-corrected chi connectivity index (χ3v) is 3.67. The summed E-state index contributed by atoms with van der Waals surface area (Å²) >= 11 is 6.05. The number of amides is 1. The van der Waals surface area contributed by atoms with Gasteiger partial charge in [-0.05, 0) is 18.6 Å². The van der Waals surface area contributed by atoms with Crippen LogP contribution in [0.15, 0.2) is 12.1 Å². The fourth-order valence-electron chi connectivity index (χ4n) is 2.14. The van der Waals surface area contributed by atoms with Crippen LogP contribution in [0.3, 0.4) is 0 Å². The summed E-state index contributed by atoms with van der Waals surface area (Å²) in [5, 5.41) is 0.193. The van der Waals surface area contributed by atoms with E-state index < -0.39 is 17.7 Å². The van der Waals surface area contributed by atoms with E-state index >= 15 is 0 Å². The summed E-state index contributed by atoms with van der Waals surface area (Å²) in [5.41, 5.74) is 0.713. The first-order valence-electron chi connectivity index (χ1n) is 5.78. The molecule has 1 aromatic rings. The predicted molar refractivity (Wildman–Crippen MR) is 68.6 cm³/mol. The number of anilines is 1. The molecule has 1 aliphatic heterocycles. The van der Waals surface area contributed by atoms with Gasteiger partial charge in [-0.15, -0.1) is 0 Å². The number of carbonyl (C=O) groups is 2. The lowest BCUT2D eigenvalue weighted by Gasteiger charge is -2.19. The first kappa shape index (κ1) is 13.8. The highest BCUT2D eigenvalue weighted by Crippen LogP contribution is 2.35. The standard InChI is InChI=1S/C13H13ClFNO3/c1-7-3-4-9(15)12(11(7)14)16-6-8(5-10(16)17)13(18)19-2/h3-4,8H,5-6H2,1-2H3. The van der Waals surface area contributed by atoms with Crippen molar-refractivity contribution in [3.63, 3.8) is 0 Å². The SMILES string of the molecule is COC(=O)C1CC(=O)N(c2c(F)ccc(C)c2Cl)C1. The van der Waals surface area contributed by atoms with Gasteiger partial charge < -0.3 is 9.64 Å². The van der Waals surface area contributed by atoms with E-state index in [9.17, 15) is 14.0 Å². The predicted octanol–water partition coefficient (Wildman–Crippen LogP) is 2.31. The Labute approximate surface area is 115 Å². The third-order valence-electron chi connectivity index (χ3n) is 3.19. The van der Waals surface area contributed by atoms with Crippen LogP contribution in [-0.4, -0.2) is 25.5 Å². The van der Waals surface area contributed by atoms with Gasteiger partial charge in [-0.1, -0.05) is 17.7 Å². The molecule has 1 fully saturated rings. The van der Waals surface area contributed by atoms with E-state index in [-0.39, 0.29) is 29.6 Å². The molecule has 6 heteroatoms. The minimum atomic E-state index is -0.575. The number of rotatable bonds is 2. The Kier molecular flexibility index (Phi) is 3.75. The molecule has 4 nitrogen and oxygen atoms in total. The highest BCUT2D eigenvalue weighted by Gasteiger charge is 2.37.